The first-order valence-corrected chi connectivity index (χ1v) is 5.69. The summed E-state index contributed by atoms with van der Waals surface area (Å²) >= 11 is 0. The van der Waals surface area contributed by atoms with Crippen molar-refractivity contribution in [3.05, 3.63) is 0 Å². The second-order valence-corrected chi connectivity index (χ2v) is 4.14. The van der Waals surface area contributed by atoms with Gasteiger partial charge in [0.05, 0.1) is 25.4 Å². The zero-order valence-electron chi connectivity index (χ0n) is 9.58. The smallest absolute Gasteiger partial charge is 0.0704 e. The van der Waals surface area contributed by atoms with E-state index in [2.05, 4.69) is 12.2 Å². The topological polar surface area (TPSA) is 30.5 Å². The third-order valence-corrected chi connectivity index (χ3v) is 2.48. The number of ether oxygens (including phenoxy) is 2. The van der Waals surface area contributed by atoms with Crippen LogP contribution in [-0.2, 0) is 9.47 Å². The Labute approximate surface area is 87.2 Å². The molecular formula is C11H23NO2. The Morgan fingerprint density at radius 1 is 1.29 bits per heavy atom. The number of hydrogen-bond acceptors (Lipinski definition) is 3. The van der Waals surface area contributed by atoms with E-state index in [9.17, 15) is 0 Å². The van der Waals surface area contributed by atoms with Crippen molar-refractivity contribution in [1.82, 2.24) is 5.32 Å². The molecule has 0 aromatic rings. The molecule has 0 atom stereocenters. The zero-order valence-corrected chi connectivity index (χ0v) is 9.58. The molecule has 0 aromatic heterocycles. The lowest BCUT2D eigenvalue weighted by atomic mass is 9.89. The van der Waals surface area contributed by atoms with Gasteiger partial charge in [0.1, 0.15) is 0 Å². The van der Waals surface area contributed by atoms with Gasteiger partial charge in [-0.15, -0.1) is 0 Å². The van der Waals surface area contributed by atoms with Gasteiger partial charge >= 0.3 is 0 Å². The summed E-state index contributed by atoms with van der Waals surface area (Å²) in [5, 5.41) is 3.41. The van der Waals surface area contributed by atoms with Gasteiger partial charge in [0, 0.05) is 6.04 Å². The first kappa shape index (κ1) is 12.0. The molecule has 0 amide bonds. The molecule has 0 radical (unpaired) electrons. The molecule has 14 heavy (non-hydrogen) atoms. The monoisotopic (exact) mass is 201 g/mol. The molecule has 3 heteroatoms. The first-order chi connectivity index (χ1) is 6.72. The van der Waals surface area contributed by atoms with Crippen LogP contribution in [0.1, 0.15) is 33.6 Å². The van der Waals surface area contributed by atoms with Gasteiger partial charge in [0.15, 0.2) is 0 Å². The summed E-state index contributed by atoms with van der Waals surface area (Å²) in [7, 11) is 0. The maximum Gasteiger partial charge on any atom is 0.0704 e. The van der Waals surface area contributed by atoms with E-state index < -0.39 is 0 Å². The minimum Gasteiger partial charge on any atom is -0.376 e. The van der Waals surface area contributed by atoms with Gasteiger partial charge in [0.25, 0.3) is 0 Å². The average Bonchev–Trinajstić information content (AvgIpc) is 2.06. The van der Waals surface area contributed by atoms with E-state index in [0.29, 0.717) is 18.2 Å². The van der Waals surface area contributed by atoms with Gasteiger partial charge in [-0.3, -0.25) is 0 Å². The lowest BCUT2D eigenvalue weighted by Crippen LogP contribution is -2.45. The highest BCUT2D eigenvalue weighted by molar-refractivity contribution is 4.85. The van der Waals surface area contributed by atoms with E-state index in [4.69, 9.17) is 9.47 Å². The van der Waals surface area contributed by atoms with Gasteiger partial charge in [-0.2, -0.15) is 0 Å². The summed E-state index contributed by atoms with van der Waals surface area (Å²) in [6, 6.07) is 0.691. The molecule has 84 valence electrons. The average molecular weight is 201 g/mol. The minimum atomic E-state index is 0.314. The van der Waals surface area contributed by atoms with E-state index in [1.165, 1.54) is 0 Å². The maximum absolute atomic E-state index is 5.64. The fourth-order valence-corrected chi connectivity index (χ4v) is 1.66. The van der Waals surface area contributed by atoms with Crippen molar-refractivity contribution in [3.63, 3.8) is 0 Å². The Morgan fingerprint density at radius 2 is 2.00 bits per heavy atom. The minimum absolute atomic E-state index is 0.314. The molecule has 0 aromatic carbocycles. The SMILES string of the molecule is CCNC1CC(OCCOC(C)C)C1. The summed E-state index contributed by atoms with van der Waals surface area (Å²) in [5.41, 5.74) is 0. The highest BCUT2D eigenvalue weighted by Gasteiger charge is 2.28. The third kappa shape index (κ3) is 4.40. The van der Waals surface area contributed by atoms with Crippen LogP contribution in [0.25, 0.3) is 0 Å². The van der Waals surface area contributed by atoms with Crippen LogP contribution in [0.15, 0.2) is 0 Å². The second-order valence-electron chi connectivity index (χ2n) is 4.14. The Hall–Kier alpha value is -0.120. The molecular weight excluding hydrogens is 178 g/mol. The lowest BCUT2D eigenvalue weighted by Gasteiger charge is -2.35. The fraction of sp³-hybridized carbons (Fsp3) is 1.00. The van der Waals surface area contributed by atoms with Crippen molar-refractivity contribution < 1.29 is 9.47 Å². The standard InChI is InChI=1S/C11H23NO2/c1-4-12-10-7-11(8-10)14-6-5-13-9(2)3/h9-12H,4-8H2,1-3H3. The van der Waals surface area contributed by atoms with Crippen LogP contribution in [-0.4, -0.2) is 38.0 Å². The molecule has 3 nitrogen and oxygen atoms in total. The Morgan fingerprint density at radius 3 is 2.57 bits per heavy atom. The van der Waals surface area contributed by atoms with Gasteiger partial charge in [-0.1, -0.05) is 6.92 Å². The molecule has 0 saturated heterocycles. The number of hydrogen-bond donors (Lipinski definition) is 1. The van der Waals surface area contributed by atoms with Crippen molar-refractivity contribution in [2.24, 2.45) is 0 Å². The predicted molar refractivity (Wildman–Crippen MR) is 57.5 cm³/mol. The molecule has 1 N–H and O–H groups in total. The van der Waals surface area contributed by atoms with Crippen molar-refractivity contribution in [2.75, 3.05) is 19.8 Å². The highest BCUT2D eigenvalue weighted by Crippen LogP contribution is 2.22. The Bertz CT molecular complexity index is 144. The zero-order chi connectivity index (χ0) is 10.4. The van der Waals surface area contributed by atoms with E-state index in [1.54, 1.807) is 0 Å². The van der Waals surface area contributed by atoms with Crippen molar-refractivity contribution in [1.29, 1.82) is 0 Å². The largest absolute Gasteiger partial charge is 0.376 e. The van der Waals surface area contributed by atoms with Crippen LogP contribution in [0.2, 0.25) is 0 Å². The molecule has 0 spiro atoms. The summed E-state index contributed by atoms with van der Waals surface area (Å²) < 4.78 is 11.0. The highest BCUT2D eigenvalue weighted by atomic mass is 16.5. The van der Waals surface area contributed by atoms with Crippen LogP contribution in [0, 0.1) is 0 Å². The predicted octanol–water partition coefficient (Wildman–Crippen LogP) is 1.57. The Balaban J connectivity index is 1.86. The molecule has 1 fully saturated rings. The molecule has 0 heterocycles. The quantitative estimate of drug-likeness (QED) is 0.634. The number of rotatable bonds is 7. The van der Waals surface area contributed by atoms with Gasteiger partial charge in [-0.25, -0.2) is 0 Å². The van der Waals surface area contributed by atoms with Gasteiger partial charge < -0.3 is 14.8 Å². The Kier molecular flexibility index (Phi) is 5.45. The van der Waals surface area contributed by atoms with Crippen molar-refractivity contribution in [3.8, 4) is 0 Å². The third-order valence-electron chi connectivity index (χ3n) is 2.48. The van der Waals surface area contributed by atoms with E-state index in [1.807, 2.05) is 13.8 Å². The summed E-state index contributed by atoms with van der Waals surface area (Å²) in [5.74, 6) is 0. The van der Waals surface area contributed by atoms with Crippen molar-refractivity contribution >= 4 is 0 Å². The molecule has 1 aliphatic rings. The lowest BCUT2D eigenvalue weighted by molar-refractivity contribution is -0.0504. The summed E-state index contributed by atoms with van der Waals surface area (Å²) in [6.07, 6.45) is 3.11. The normalized spacial score (nSPS) is 26.6. The fourth-order valence-electron chi connectivity index (χ4n) is 1.66. The van der Waals surface area contributed by atoms with E-state index in [-0.39, 0.29) is 0 Å². The van der Waals surface area contributed by atoms with E-state index in [0.717, 1.165) is 32.6 Å². The molecule has 0 aliphatic heterocycles. The second kappa shape index (κ2) is 6.38. The van der Waals surface area contributed by atoms with Crippen molar-refractivity contribution in [2.45, 2.75) is 51.9 Å². The molecule has 0 bridgehead atoms. The van der Waals surface area contributed by atoms with Crippen LogP contribution >= 0.6 is 0 Å². The molecule has 1 saturated carbocycles. The van der Waals surface area contributed by atoms with Crippen LogP contribution in [0.5, 0.6) is 0 Å². The number of nitrogens with one attached hydrogen (secondary N) is 1. The van der Waals surface area contributed by atoms with Crippen LogP contribution < -0.4 is 5.32 Å². The molecule has 1 rings (SSSR count). The first-order valence-electron chi connectivity index (χ1n) is 5.69. The van der Waals surface area contributed by atoms with Gasteiger partial charge in [0.2, 0.25) is 0 Å². The summed E-state index contributed by atoms with van der Waals surface area (Å²) in [6.45, 7) is 8.76. The maximum atomic E-state index is 5.64. The molecule has 1 aliphatic carbocycles. The van der Waals surface area contributed by atoms with Crippen LogP contribution in [0.3, 0.4) is 0 Å². The molecule has 0 unspecified atom stereocenters. The van der Waals surface area contributed by atoms with Gasteiger partial charge in [-0.05, 0) is 33.2 Å². The summed E-state index contributed by atoms with van der Waals surface area (Å²) in [4.78, 5) is 0. The van der Waals surface area contributed by atoms with E-state index >= 15 is 0 Å². The van der Waals surface area contributed by atoms with Crippen LogP contribution in [0.4, 0.5) is 0 Å².